The summed E-state index contributed by atoms with van der Waals surface area (Å²) in [4.78, 5) is 26.6. The molecule has 5 N–H and O–H groups in total. The van der Waals surface area contributed by atoms with Gasteiger partial charge >= 0.3 is 12.2 Å². The van der Waals surface area contributed by atoms with Gasteiger partial charge in [0.25, 0.3) is 0 Å². The van der Waals surface area contributed by atoms with E-state index in [1.165, 1.54) is 4.90 Å². The topological polar surface area (TPSA) is 141 Å². The van der Waals surface area contributed by atoms with Gasteiger partial charge in [-0.1, -0.05) is 30.3 Å². The molecule has 1 aromatic carbocycles. The Bertz CT molecular complexity index is 813. The Labute approximate surface area is 208 Å². The minimum absolute atomic E-state index is 0.155. The quantitative estimate of drug-likeness (QED) is 0.580. The first-order valence-corrected chi connectivity index (χ1v) is 12.0. The molecule has 2 heterocycles. The molecule has 0 aromatic heterocycles. The molecule has 35 heavy (non-hydrogen) atoms. The van der Waals surface area contributed by atoms with Crippen molar-refractivity contribution in [1.29, 1.82) is 0 Å². The average Bonchev–Trinajstić information content (AvgIpc) is 3.27. The van der Waals surface area contributed by atoms with E-state index in [0.717, 1.165) is 5.56 Å². The number of ether oxygens (including phenoxy) is 3. The molecule has 2 aliphatic rings. The van der Waals surface area contributed by atoms with Crippen LogP contribution in [-0.2, 0) is 20.8 Å². The number of aliphatic hydroxyl groups excluding tert-OH is 1. The highest BCUT2D eigenvalue weighted by Gasteiger charge is 2.36. The van der Waals surface area contributed by atoms with Gasteiger partial charge in [0, 0.05) is 13.1 Å². The number of nitrogens with zero attached hydrogens (tertiary/aromatic N) is 2. The molecule has 0 aliphatic carbocycles. The second-order valence-corrected chi connectivity index (χ2v) is 11.0. The first-order chi connectivity index (χ1) is 16.1. The Morgan fingerprint density at radius 1 is 0.857 bits per heavy atom. The molecule has 198 valence electrons. The van der Waals surface area contributed by atoms with Crippen LogP contribution in [0.5, 0.6) is 0 Å². The van der Waals surface area contributed by atoms with Crippen LogP contribution in [0.1, 0.15) is 47.1 Å². The van der Waals surface area contributed by atoms with Gasteiger partial charge in [-0.05, 0) is 47.1 Å². The van der Waals surface area contributed by atoms with Crippen LogP contribution >= 0.6 is 0 Å². The second kappa shape index (κ2) is 12.0. The lowest BCUT2D eigenvalue weighted by Gasteiger charge is -2.24. The minimum atomic E-state index is -0.637. The number of rotatable bonds is 3. The number of hydrogen-bond acceptors (Lipinski definition) is 8. The molecule has 0 radical (unpaired) electrons. The first-order valence-electron chi connectivity index (χ1n) is 12.0. The number of β-amino-alcohol motifs (C(OH)–C–C–N with tert-alkyl or cyclic N) is 1. The molecule has 10 nitrogen and oxygen atoms in total. The molecule has 0 bridgehead atoms. The molecular weight excluding hydrogens is 452 g/mol. The van der Waals surface area contributed by atoms with Crippen LogP contribution in [0.4, 0.5) is 9.59 Å². The van der Waals surface area contributed by atoms with Crippen LogP contribution in [0.15, 0.2) is 30.3 Å². The Hall–Kier alpha value is -2.40. The van der Waals surface area contributed by atoms with Crippen molar-refractivity contribution in [3.05, 3.63) is 35.9 Å². The summed E-state index contributed by atoms with van der Waals surface area (Å²) >= 11 is 0. The Kier molecular flexibility index (Phi) is 9.91. The van der Waals surface area contributed by atoms with Crippen LogP contribution in [0.25, 0.3) is 0 Å². The number of likely N-dealkylation sites (tertiary alicyclic amines) is 2. The molecule has 2 fully saturated rings. The number of carbonyl (C=O) groups is 2. The molecule has 1 aromatic rings. The summed E-state index contributed by atoms with van der Waals surface area (Å²) in [6.45, 7) is 13.0. The van der Waals surface area contributed by atoms with Crippen LogP contribution < -0.4 is 11.5 Å². The maximum absolute atomic E-state index is 12.0. The smallest absolute Gasteiger partial charge is 0.410 e. The minimum Gasteiger partial charge on any atom is -0.444 e. The summed E-state index contributed by atoms with van der Waals surface area (Å²) in [5, 5.41) is 9.34. The highest BCUT2D eigenvalue weighted by molar-refractivity contribution is 5.69. The number of amides is 2. The van der Waals surface area contributed by atoms with Gasteiger partial charge in [-0.2, -0.15) is 0 Å². The number of hydrogen-bond donors (Lipinski definition) is 3. The highest BCUT2D eigenvalue weighted by atomic mass is 16.6. The summed E-state index contributed by atoms with van der Waals surface area (Å²) in [6, 6.07) is 9.39. The molecule has 0 saturated carbocycles. The van der Waals surface area contributed by atoms with E-state index in [1.54, 1.807) is 25.7 Å². The van der Waals surface area contributed by atoms with Gasteiger partial charge < -0.3 is 40.6 Å². The van der Waals surface area contributed by atoms with Gasteiger partial charge in [-0.25, -0.2) is 9.59 Å². The third kappa shape index (κ3) is 10.0. The fourth-order valence-electron chi connectivity index (χ4n) is 3.52. The van der Waals surface area contributed by atoms with Gasteiger partial charge in [0.05, 0.1) is 44.0 Å². The lowest BCUT2D eigenvalue weighted by atomic mass is 10.2. The van der Waals surface area contributed by atoms with Crippen molar-refractivity contribution >= 4 is 12.2 Å². The number of aliphatic hydroxyl groups is 1. The molecule has 0 unspecified atom stereocenters. The van der Waals surface area contributed by atoms with Crippen molar-refractivity contribution in [2.24, 2.45) is 11.5 Å². The first kappa shape index (κ1) is 28.8. The molecule has 4 atom stereocenters. The van der Waals surface area contributed by atoms with Crippen molar-refractivity contribution in [2.45, 2.75) is 83.6 Å². The zero-order valence-electron chi connectivity index (χ0n) is 21.8. The van der Waals surface area contributed by atoms with E-state index >= 15 is 0 Å². The third-order valence-corrected chi connectivity index (χ3v) is 5.25. The summed E-state index contributed by atoms with van der Waals surface area (Å²) in [7, 11) is 0. The zero-order valence-corrected chi connectivity index (χ0v) is 21.8. The Balaban J connectivity index is 0.000000269. The van der Waals surface area contributed by atoms with E-state index in [9.17, 15) is 14.7 Å². The lowest BCUT2D eigenvalue weighted by Crippen LogP contribution is -2.36. The monoisotopic (exact) mass is 494 g/mol. The maximum atomic E-state index is 12.0. The van der Waals surface area contributed by atoms with Crippen LogP contribution in [0.3, 0.4) is 0 Å². The number of carbonyl (C=O) groups excluding carboxylic acids is 2. The fraction of sp³-hybridized carbons (Fsp3) is 0.680. The van der Waals surface area contributed by atoms with Gasteiger partial charge in [0.2, 0.25) is 0 Å². The average molecular weight is 495 g/mol. The predicted molar refractivity (Wildman–Crippen MR) is 133 cm³/mol. The van der Waals surface area contributed by atoms with Gasteiger partial charge in [-0.15, -0.1) is 0 Å². The normalized spacial score (nSPS) is 24.6. The highest BCUT2D eigenvalue weighted by Crippen LogP contribution is 2.18. The largest absolute Gasteiger partial charge is 0.444 e. The van der Waals surface area contributed by atoms with Crippen LogP contribution in [0, 0.1) is 0 Å². The second-order valence-electron chi connectivity index (χ2n) is 11.0. The molecule has 0 spiro atoms. The molecule has 2 aliphatic heterocycles. The van der Waals surface area contributed by atoms with Crippen molar-refractivity contribution in [2.75, 3.05) is 26.2 Å². The summed E-state index contributed by atoms with van der Waals surface area (Å²) in [6.07, 6.45) is -1.53. The lowest BCUT2D eigenvalue weighted by molar-refractivity contribution is 0.0171. The molecule has 2 amide bonds. The molecule has 10 heteroatoms. The Morgan fingerprint density at radius 2 is 1.34 bits per heavy atom. The zero-order chi connectivity index (χ0) is 26.4. The molecular formula is C25H42N4O6. The fourth-order valence-corrected chi connectivity index (χ4v) is 3.52. The van der Waals surface area contributed by atoms with Crippen LogP contribution in [-0.4, -0.2) is 88.8 Å². The van der Waals surface area contributed by atoms with E-state index < -0.39 is 23.4 Å². The van der Waals surface area contributed by atoms with E-state index in [-0.39, 0.29) is 30.8 Å². The number of benzene rings is 1. The van der Waals surface area contributed by atoms with E-state index in [4.69, 9.17) is 25.7 Å². The standard InChI is InChI=1S/C16H24N2O3.C9H18N2O3/c1-16(2,3)21-15(19)18-9-13(17)14(10-18)20-11-12-7-5-4-6-8-12;1-9(2,3)14-8(13)11-4-6(10)7(12)5-11/h4-8,13-14H,9-11,17H2,1-3H3;6-7,12H,4-5,10H2,1-3H3/t13-,14-;6-,7-/m00/s1. The van der Waals surface area contributed by atoms with Gasteiger partial charge in [0.15, 0.2) is 0 Å². The molecule has 3 rings (SSSR count). The van der Waals surface area contributed by atoms with Gasteiger partial charge in [0.1, 0.15) is 11.2 Å². The SMILES string of the molecule is CC(C)(C)OC(=O)N1C[C@H](N)[C@@H](O)C1.CC(C)(C)OC(=O)N1C[C@H](OCc2ccccc2)[C@@H](N)C1. The van der Waals surface area contributed by atoms with Crippen molar-refractivity contribution in [3.63, 3.8) is 0 Å². The van der Waals surface area contributed by atoms with Crippen LogP contribution in [0.2, 0.25) is 0 Å². The van der Waals surface area contributed by atoms with Crippen molar-refractivity contribution in [3.8, 4) is 0 Å². The van der Waals surface area contributed by atoms with E-state index in [1.807, 2.05) is 51.1 Å². The predicted octanol–water partition coefficient (Wildman–Crippen LogP) is 2.08. The van der Waals surface area contributed by atoms with E-state index in [2.05, 4.69) is 0 Å². The van der Waals surface area contributed by atoms with E-state index in [0.29, 0.717) is 26.2 Å². The molecule has 2 saturated heterocycles. The van der Waals surface area contributed by atoms with Crippen molar-refractivity contribution in [1.82, 2.24) is 9.80 Å². The number of nitrogens with two attached hydrogens (primary N) is 2. The summed E-state index contributed by atoms with van der Waals surface area (Å²) in [5.41, 5.74) is 11.7. The van der Waals surface area contributed by atoms with Crippen molar-refractivity contribution < 1.29 is 28.9 Å². The Morgan fingerprint density at radius 3 is 1.80 bits per heavy atom. The third-order valence-electron chi connectivity index (χ3n) is 5.25. The van der Waals surface area contributed by atoms with Gasteiger partial charge in [-0.3, -0.25) is 0 Å². The summed E-state index contributed by atoms with van der Waals surface area (Å²) in [5.74, 6) is 0. The summed E-state index contributed by atoms with van der Waals surface area (Å²) < 4.78 is 16.3. The maximum Gasteiger partial charge on any atom is 0.410 e.